The lowest BCUT2D eigenvalue weighted by Gasteiger charge is -2.19. The Morgan fingerprint density at radius 3 is 1.28 bits per heavy atom. The van der Waals surface area contributed by atoms with Crippen LogP contribution in [0.2, 0.25) is 0 Å². The van der Waals surface area contributed by atoms with E-state index in [1.54, 1.807) is 0 Å². The molecule has 0 radical (unpaired) electrons. The number of hydrogen-bond acceptors (Lipinski definition) is 0. The normalized spacial score (nSPS) is 12.4. The van der Waals surface area contributed by atoms with E-state index in [1.165, 1.54) is 131 Å². The van der Waals surface area contributed by atoms with Gasteiger partial charge in [-0.15, -0.1) is 0 Å². The van der Waals surface area contributed by atoms with Crippen molar-refractivity contribution in [3.05, 3.63) is 156 Å². The molecule has 0 bridgehead atoms. The van der Waals surface area contributed by atoms with Gasteiger partial charge in [0.25, 0.3) is 0 Å². The Labute approximate surface area is 290 Å². The maximum Gasteiger partial charge on any atom is -0.000719 e. The molecule has 0 atom stereocenters. The van der Waals surface area contributed by atoms with Crippen LogP contribution in [0.1, 0.15) is 22.3 Å². The van der Waals surface area contributed by atoms with Crippen LogP contribution in [-0.4, -0.2) is 0 Å². The number of hydrogen-bond donors (Lipinski definition) is 0. The van der Waals surface area contributed by atoms with E-state index in [-0.39, 0.29) is 0 Å². The summed E-state index contributed by atoms with van der Waals surface area (Å²) in [7, 11) is 0. The first-order chi connectivity index (χ1) is 24.4. The minimum atomic E-state index is 1.29. The van der Waals surface area contributed by atoms with Crippen molar-refractivity contribution in [2.45, 2.75) is 27.7 Å². The first kappa shape index (κ1) is 27.9. The van der Waals surface area contributed by atoms with Gasteiger partial charge in [0.05, 0.1) is 0 Å². The van der Waals surface area contributed by atoms with Gasteiger partial charge >= 0.3 is 0 Å². The van der Waals surface area contributed by atoms with Crippen LogP contribution in [0, 0.1) is 27.7 Å². The van der Waals surface area contributed by atoms with Gasteiger partial charge in [0.15, 0.2) is 0 Å². The van der Waals surface area contributed by atoms with Gasteiger partial charge in [0, 0.05) is 0 Å². The smallest absolute Gasteiger partial charge is 0.000719 e. The molecule has 234 valence electrons. The van der Waals surface area contributed by atoms with E-state index >= 15 is 0 Å². The first-order valence-electron chi connectivity index (χ1n) is 17.8. The lowest BCUT2D eigenvalue weighted by Crippen LogP contribution is -1.92. The summed E-state index contributed by atoms with van der Waals surface area (Å²) in [5.41, 5.74) is 10.4. The fraction of sp³-hybridized carbons (Fsp3) is 0.0800. The van der Waals surface area contributed by atoms with Crippen molar-refractivity contribution in [2.75, 3.05) is 0 Å². The second-order valence-electron chi connectivity index (χ2n) is 14.8. The topological polar surface area (TPSA) is 0 Å². The minimum Gasteiger partial charge on any atom is -0.0616 e. The molecule has 11 rings (SSSR count). The van der Waals surface area contributed by atoms with Gasteiger partial charge in [-0.3, -0.25) is 0 Å². The minimum absolute atomic E-state index is 1.29. The molecule has 0 amide bonds. The zero-order valence-electron chi connectivity index (χ0n) is 28.7. The van der Waals surface area contributed by atoms with Crippen LogP contribution in [-0.2, 0) is 0 Å². The molecular weight excluding hydrogens is 601 g/mol. The Morgan fingerprint density at radius 1 is 0.260 bits per heavy atom. The maximum absolute atomic E-state index is 2.54. The predicted octanol–water partition coefficient (Wildman–Crippen LogP) is 14.4. The van der Waals surface area contributed by atoms with Crippen LogP contribution in [0.3, 0.4) is 0 Å². The second kappa shape index (κ2) is 9.80. The Bertz CT molecular complexity index is 3180. The molecule has 0 N–H and O–H groups in total. The van der Waals surface area contributed by atoms with Crippen molar-refractivity contribution < 1.29 is 0 Å². The largest absolute Gasteiger partial charge is 0.0616 e. The third-order valence-corrected chi connectivity index (χ3v) is 11.4. The Balaban J connectivity index is 1.50. The summed E-state index contributed by atoms with van der Waals surface area (Å²) in [5, 5.41) is 21.4. The third kappa shape index (κ3) is 3.66. The Morgan fingerprint density at radius 2 is 0.700 bits per heavy atom. The van der Waals surface area contributed by atoms with Crippen LogP contribution in [0.25, 0.3) is 108 Å². The van der Waals surface area contributed by atoms with E-state index in [4.69, 9.17) is 0 Å². The highest BCUT2D eigenvalue weighted by atomic mass is 14.3. The molecule has 0 aliphatic carbocycles. The molecule has 0 heteroatoms. The first-order valence-corrected chi connectivity index (χ1v) is 17.8. The fourth-order valence-electron chi connectivity index (χ4n) is 9.71. The molecule has 0 nitrogen and oxygen atoms in total. The van der Waals surface area contributed by atoms with Crippen LogP contribution in [0.15, 0.2) is 133 Å². The molecule has 0 fully saturated rings. The quantitative estimate of drug-likeness (QED) is 0.166. The van der Waals surface area contributed by atoms with Gasteiger partial charge in [-0.05, 0) is 154 Å². The Hall–Kier alpha value is -5.98. The molecule has 0 heterocycles. The summed E-state index contributed by atoms with van der Waals surface area (Å²) in [4.78, 5) is 0. The van der Waals surface area contributed by atoms with E-state index in [0.717, 1.165) is 0 Å². The molecule has 11 aromatic carbocycles. The Kier molecular flexibility index (Phi) is 5.47. The van der Waals surface area contributed by atoms with Gasteiger partial charge in [-0.1, -0.05) is 138 Å². The third-order valence-electron chi connectivity index (χ3n) is 11.4. The summed E-state index contributed by atoms with van der Waals surface area (Å²) in [5.74, 6) is 0. The predicted molar refractivity (Wildman–Crippen MR) is 219 cm³/mol. The summed E-state index contributed by atoms with van der Waals surface area (Å²) < 4.78 is 0. The standard InChI is InChI=1S/C50H34/c1-27-18-28(2)21-33(20-27)46-42-25-40-37-14-7-11-31-12-8-15-38(45(31)37)41(40)26-43(42)47(34-22-29(3)19-30(4)23-34)50-44-24-32-10-5-6-13-35(32)36-16-9-17-39(48(36)44)49(46)50/h5-26H,1-4H3. The summed E-state index contributed by atoms with van der Waals surface area (Å²) in [6, 6.07) is 51.3. The SMILES string of the molecule is Cc1cc(C)cc(-c2c3cc4c(cc3c(-c3cc(C)cc(C)c3)c3c5cc6ccccc6c6cccc(c23)c65)c2cccc3cccc4c32)c1. The zero-order chi connectivity index (χ0) is 33.4. The van der Waals surface area contributed by atoms with E-state index in [9.17, 15) is 0 Å². The van der Waals surface area contributed by atoms with E-state index in [1.807, 2.05) is 0 Å². The molecule has 0 unspecified atom stereocenters. The van der Waals surface area contributed by atoms with E-state index in [0.29, 0.717) is 0 Å². The highest BCUT2D eigenvalue weighted by Crippen LogP contribution is 2.54. The van der Waals surface area contributed by atoms with Gasteiger partial charge in [0.2, 0.25) is 0 Å². The van der Waals surface area contributed by atoms with Crippen molar-refractivity contribution in [1.82, 2.24) is 0 Å². The van der Waals surface area contributed by atoms with Crippen LogP contribution >= 0.6 is 0 Å². The number of fused-ring (bicyclic) bond motifs is 9. The van der Waals surface area contributed by atoms with Crippen LogP contribution in [0.4, 0.5) is 0 Å². The van der Waals surface area contributed by atoms with E-state index in [2.05, 4.69) is 161 Å². The highest BCUT2D eigenvalue weighted by Gasteiger charge is 2.26. The molecule has 0 aromatic heterocycles. The number of rotatable bonds is 2. The summed E-state index contributed by atoms with van der Waals surface area (Å²) in [6.45, 7) is 8.95. The van der Waals surface area contributed by atoms with Gasteiger partial charge in [-0.2, -0.15) is 0 Å². The van der Waals surface area contributed by atoms with Crippen molar-refractivity contribution in [3.8, 4) is 22.3 Å². The average Bonchev–Trinajstić information content (AvgIpc) is 3.59. The fourth-order valence-corrected chi connectivity index (χ4v) is 9.71. The second-order valence-corrected chi connectivity index (χ2v) is 14.8. The van der Waals surface area contributed by atoms with Crippen LogP contribution < -0.4 is 0 Å². The summed E-state index contributed by atoms with van der Waals surface area (Å²) in [6.07, 6.45) is 0. The molecule has 11 aromatic rings. The molecule has 0 aliphatic heterocycles. The summed E-state index contributed by atoms with van der Waals surface area (Å²) >= 11 is 0. The van der Waals surface area contributed by atoms with Gasteiger partial charge in [-0.25, -0.2) is 0 Å². The zero-order valence-corrected chi connectivity index (χ0v) is 28.7. The highest BCUT2D eigenvalue weighted by molar-refractivity contribution is 6.43. The van der Waals surface area contributed by atoms with Crippen molar-refractivity contribution in [1.29, 1.82) is 0 Å². The number of benzene rings is 9. The molecule has 50 heavy (non-hydrogen) atoms. The lowest BCUT2D eigenvalue weighted by atomic mass is 9.84. The number of aryl methyl sites for hydroxylation is 4. The molecule has 0 spiro atoms. The lowest BCUT2D eigenvalue weighted by molar-refractivity contribution is 1.39. The van der Waals surface area contributed by atoms with Crippen molar-refractivity contribution in [3.63, 3.8) is 0 Å². The molecule has 0 saturated heterocycles. The molecular formula is C50H34. The van der Waals surface area contributed by atoms with Gasteiger partial charge < -0.3 is 0 Å². The van der Waals surface area contributed by atoms with E-state index < -0.39 is 0 Å². The van der Waals surface area contributed by atoms with Crippen LogP contribution in [0.5, 0.6) is 0 Å². The van der Waals surface area contributed by atoms with Gasteiger partial charge in [0.1, 0.15) is 0 Å². The van der Waals surface area contributed by atoms with Crippen molar-refractivity contribution >= 4 is 86.2 Å². The average molecular weight is 635 g/mol. The maximum atomic E-state index is 2.54. The monoisotopic (exact) mass is 634 g/mol. The molecule has 0 aliphatic rings. The van der Waals surface area contributed by atoms with Crippen molar-refractivity contribution in [2.24, 2.45) is 0 Å². The molecule has 0 saturated carbocycles.